The van der Waals surface area contributed by atoms with E-state index in [-0.39, 0.29) is 12.4 Å². The van der Waals surface area contributed by atoms with Gasteiger partial charge in [-0.15, -0.1) is 0 Å². The summed E-state index contributed by atoms with van der Waals surface area (Å²) in [5, 5.41) is 13.0. The number of benzene rings is 2. The summed E-state index contributed by atoms with van der Waals surface area (Å²) in [5.41, 5.74) is 0.964. The van der Waals surface area contributed by atoms with Crippen LogP contribution in [0.2, 0.25) is 0 Å². The van der Waals surface area contributed by atoms with Crippen molar-refractivity contribution in [2.45, 2.75) is 12.5 Å². The van der Waals surface area contributed by atoms with E-state index in [2.05, 4.69) is 37.2 Å². The summed E-state index contributed by atoms with van der Waals surface area (Å²) in [6, 6.07) is 12.1. The summed E-state index contributed by atoms with van der Waals surface area (Å²) in [4.78, 5) is 0. The van der Waals surface area contributed by atoms with Crippen LogP contribution in [0.5, 0.6) is 0 Å². The highest BCUT2D eigenvalue weighted by atomic mass is 79.9. The molecule has 0 fully saturated rings. The Morgan fingerprint density at radius 2 is 1.80 bits per heavy atom. The predicted molar refractivity (Wildman–Crippen MR) is 86.3 cm³/mol. The van der Waals surface area contributed by atoms with Gasteiger partial charge >= 0.3 is 0 Å². The Morgan fingerprint density at radius 3 is 2.35 bits per heavy atom. The van der Waals surface area contributed by atoms with E-state index in [1.807, 2.05) is 31.2 Å². The second-order valence-corrected chi connectivity index (χ2v) is 6.52. The summed E-state index contributed by atoms with van der Waals surface area (Å²) in [5.74, 6) is -0.315. The Morgan fingerprint density at radius 1 is 1.15 bits per heavy atom. The van der Waals surface area contributed by atoms with Crippen molar-refractivity contribution >= 4 is 37.5 Å². The van der Waals surface area contributed by atoms with Gasteiger partial charge in [0.15, 0.2) is 0 Å². The van der Waals surface area contributed by atoms with Gasteiger partial charge in [0.1, 0.15) is 5.82 Å². The molecule has 0 aromatic heterocycles. The van der Waals surface area contributed by atoms with Crippen LogP contribution in [0.4, 0.5) is 10.1 Å². The van der Waals surface area contributed by atoms with Crippen molar-refractivity contribution in [3.05, 3.63) is 62.8 Å². The molecule has 0 amide bonds. The molecule has 2 nitrogen and oxygen atoms in total. The number of aliphatic hydroxyl groups is 1. The fourth-order valence-corrected chi connectivity index (χ4v) is 3.03. The molecule has 1 unspecified atom stereocenters. The van der Waals surface area contributed by atoms with Gasteiger partial charge in [0.25, 0.3) is 0 Å². The third kappa shape index (κ3) is 3.40. The molecule has 0 aliphatic carbocycles. The van der Waals surface area contributed by atoms with Gasteiger partial charge in [0.2, 0.25) is 0 Å². The van der Waals surface area contributed by atoms with Crippen LogP contribution in [0.25, 0.3) is 0 Å². The van der Waals surface area contributed by atoms with E-state index in [4.69, 9.17) is 0 Å². The first kappa shape index (κ1) is 15.5. The van der Waals surface area contributed by atoms with Gasteiger partial charge in [-0.2, -0.15) is 0 Å². The quantitative estimate of drug-likeness (QED) is 0.778. The fraction of sp³-hybridized carbons (Fsp3) is 0.200. The normalized spacial score (nSPS) is 13.8. The lowest BCUT2D eigenvalue weighted by Gasteiger charge is -2.31. The monoisotopic (exact) mass is 401 g/mol. The van der Waals surface area contributed by atoms with Gasteiger partial charge in [-0.05, 0) is 48.9 Å². The molecule has 0 spiro atoms. The van der Waals surface area contributed by atoms with Gasteiger partial charge in [-0.25, -0.2) is 4.39 Å². The van der Waals surface area contributed by atoms with Crippen molar-refractivity contribution in [3.8, 4) is 0 Å². The smallest absolute Gasteiger partial charge is 0.124 e. The van der Waals surface area contributed by atoms with Crippen molar-refractivity contribution < 1.29 is 9.50 Å². The Bertz CT molecular complexity index is 603. The summed E-state index contributed by atoms with van der Waals surface area (Å²) < 4.78 is 14.8. The third-order valence-electron chi connectivity index (χ3n) is 3.11. The predicted octanol–water partition coefficient (Wildman–Crippen LogP) is 4.67. The molecule has 0 saturated heterocycles. The molecule has 0 heterocycles. The van der Waals surface area contributed by atoms with E-state index in [0.29, 0.717) is 4.47 Å². The van der Waals surface area contributed by atoms with Crippen LogP contribution in [0, 0.1) is 5.82 Å². The topological polar surface area (TPSA) is 32.3 Å². The molecule has 5 heteroatoms. The van der Waals surface area contributed by atoms with E-state index in [0.717, 1.165) is 15.7 Å². The van der Waals surface area contributed by atoms with Crippen LogP contribution in [-0.2, 0) is 5.54 Å². The third-order valence-corrected chi connectivity index (χ3v) is 4.29. The molecule has 0 aliphatic rings. The minimum absolute atomic E-state index is 0.118. The lowest BCUT2D eigenvalue weighted by atomic mass is 9.92. The van der Waals surface area contributed by atoms with Gasteiger partial charge < -0.3 is 10.4 Å². The lowest BCUT2D eigenvalue weighted by Crippen LogP contribution is -2.36. The van der Waals surface area contributed by atoms with Crippen LogP contribution in [-0.4, -0.2) is 11.7 Å². The first-order valence-corrected chi connectivity index (χ1v) is 7.63. The van der Waals surface area contributed by atoms with E-state index in [1.54, 1.807) is 6.07 Å². The Labute approximate surface area is 134 Å². The average molecular weight is 403 g/mol. The Kier molecular flexibility index (Phi) is 4.83. The van der Waals surface area contributed by atoms with Crippen LogP contribution in [0.15, 0.2) is 51.4 Å². The van der Waals surface area contributed by atoms with Crippen LogP contribution < -0.4 is 5.32 Å². The number of aliphatic hydroxyl groups excluding tert-OH is 1. The number of nitrogens with one attached hydrogen (secondary N) is 1. The first-order chi connectivity index (χ1) is 9.44. The van der Waals surface area contributed by atoms with E-state index >= 15 is 0 Å². The molecule has 2 rings (SSSR count). The highest BCUT2D eigenvalue weighted by Crippen LogP contribution is 2.32. The largest absolute Gasteiger partial charge is 0.394 e. The molecular formula is C15H14Br2FNO. The molecule has 2 aromatic rings. The number of rotatable bonds is 4. The molecule has 0 bridgehead atoms. The van der Waals surface area contributed by atoms with Crippen molar-refractivity contribution in [3.63, 3.8) is 0 Å². The SMILES string of the molecule is CC(CO)(Nc1ccc(Br)cc1)c1ccc(F)cc1Br. The maximum atomic E-state index is 13.2. The molecule has 20 heavy (non-hydrogen) atoms. The van der Waals surface area contributed by atoms with Crippen molar-refractivity contribution in [2.24, 2.45) is 0 Å². The van der Waals surface area contributed by atoms with Gasteiger partial charge in [-0.3, -0.25) is 0 Å². The maximum Gasteiger partial charge on any atom is 0.124 e. The lowest BCUT2D eigenvalue weighted by molar-refractivity contribution is 0.223. The Balaban J connectivity index is 2.35. The molecule has 0 aliphatic heterocycles. The van der Waals surface area contributed by atoms with Crippen LogP contribution >= 0.6 is 31.9 Å². The second-order valence-electron chi connectivity index (χ2n) is 4.75. The van der Waals surface area contributed by atoms with E-state index < -0.39 is 5.54 Å². The molecule has 1 atom stereocenters. The van der Waals surface area contributed by atoms with E-state index in [1.165, 1.54) is 12.1 Å². The minimum atomic E-state index is -0.708. The highest BCUT2D eigenvalue weighted by Gasteiger charge is 2.28. The molecule has 106 valence electrons. The average Bonchev–Trinajstić information content (AvgIpc) is 2.41. The number of hydrogen-bond donors (Lipinski definition) is 2. The molecule has 2 aromatic carbocycles. The highest BCUT2D eigenvalue weighted by molar-refractivity contribution is 9.10. The van der Waals surface area contributed by atoms with E-state index in [9.17, 15) is 9.50 Å². The van der Waals surface area contributed by atoms with Gasteiger partial charge in [0.05, 0.1) is 12.1 Å². The number of hydrogen-bond acceptors (Lipinski definition) is 2. The van der Waals surface area contributed by atoms with Crippen LogP contribution in [0.1, 0.15) is 12.5 Å². The molecular weight excluding hydrogens is 389 g/mol. The zero-order valence-corrected chi connectivity index (χ0v) is 14.0. The first-order valence-electron chi connectivity index (χ1n) is 6.05. The van der Waals surface area contributed by atoms with Crippen molar-refractivity contribution in [1.29, 1.82) is 0 Å². The summed E-state index contributed by atoms with van der Waals surface area (Å²) in [6.45, 7) is 1.75. The zero-order chi connectivity index (χ0) is 14.8. The second kappa shape index (κ2) is 6.24. The van der Waals surface area contributed by atoms with Crippen molar-refractivity contribution in [2.75, 3.05) is 11.9 Å². The minimum Gasteiger partial charge on any atom is -0.394 e. The van der Waals surface area contributed by atoms with Crippen molar-refractivity contribution in [1.82, 2.24) is 0 Å². The standard InChI is InChI=1S/C15H14Br2FNO/c1-15(9-20,13-7-4-11(18)8-14(13)17)19-12-5-2-10(16)3-6-12/h2-8,19-20H,9H2,1H3. The fourth-order valence-electron chi connectivity index (χ4n) is 1.98. The zero-order valence-electron chi connectivity index (χ0n) is 10.8. The molecule has 0 radical (unpaired) electrons. The number of halogens is 3. The Hall–Kier alpha value is -0.910. The van der Waals surface area contributed by atoms with Gasteiger partial charge in [0, 0.05) is 14.6 Å². The molecule has 0 saturated carbocycles. The summed E-state index contributed by atoms with van der Waals surface area (Å²) in [7, 11) is 0. The summed E-state index contributed by atoms with van der Waals surface area (Å²) in [6.07, 6.45) is 0. The maximum absolute atomic E-state index is 13.2. The summed E-state index contributed by atoms with van der Waals surface area (Å²) >= 11 is 6.73. The van der Waals surface area contributed by atoms with Gasteiger partial charge in [-0.1, -0.05) is 37.9 Å². The number of anilines is 1. The van der Waals surface area contributed by atoms with Crippen LogP contribution in [0.3, 0.4) is 0 Å². The molecule has 2 N–H and O–H groups in total.